The van der Waals surface area contributed by atoms with Gasteiger partial charge in [-0.3, -0.25) is 9.69 Å². The minimum Gasteiger partial charge on any atom is -0.337 e. The van der Waals surface area contributed by atoms with Crippen LogP contribution in [0.4, 0.5) is 0 Å². The van der Waals surface area contributed by atoms with Gasteiger partial charge in [-0.1, -0.05) is 29.4 Å². The molecule has 1 fully saturated rings. The minimum absolute atomic E-state index is 0.0450. The molecule has 1 N–H and O–H groups in total. The summed E-state index contributed by atoms with van der Waals surface area (Å²) in [6.45, 7) is 3.13. The molecule has 0 aliphatic carbocycles. The Morgan fingerprint density at radius 1 is 1.11 bits per heavy atom. The lowest BCUT2D eigenvalue weighted by molar-refractivity contribution is 0.190. The Bertz CT molecular complexity index is 1150. The largest absolute Gasteiger partial charge is 0.337 e. The highest BCUT2D eigenvalue weighted by Crippen LogP contribution is 2.22. The van der Waals surface area contributed by atoms with Crippen LogP contribution in [-0.4, -0.2) is 46.3 Å². The number of nitrogens with one attached hydrogen (secondary N) is 1. The van der Waals surface area contributed by atoms with Gasteiger partial charge in [-0.25, -0.2) is 0 Å². The van der Waals surface area contributed by atoms with E-state index < -0.39 is 0 Å². The first kappa shape index (κ1) is 17.1. The average Bonchev–Trinajstić information content (AvgIpc) is 3.20. The van der Waals surface area contributed by atoms with E-state index in [9.17, 15) is 4.79 Å². The molecular formula is C21H21N5O2. The van der Waals surface area contributed by atoms with Crippen molar-refractivity contribution in [2.75, 3.05) is 26.7 Å². The summed E-state index contributed by atoms with van der Waals surface area (Å²) in [5, 5.41) is 8.98. The lowest BCUT2D eigenvalue weighted by Crippen LogP contribution is -2.44. The molecular weight excluding hydrogens is 354 g/mol. The van der Waals surface area contributed by atoms with Crippen molar-refractivity contribution in [2.24, 2.45) is 0 Å². The van der Waals surface area contributed by atoms with Gasteiger partial charge < -0.3 is 14.4 Å². The number of pyridine rings is 1. The summed E-state index contributed by atoms with van der Waals surface area (Å²) >= 11 is 0. The topological polar surface area (TPSA) is 76.2 Å². The predicted molar refractivity (Wildman–Crippen MR) is 107 cm³/mol. The molecule has 1 aliphatic heterocycles. The molecule has 2 aromatic carbocycles. The molecule has 0 saturated carbocycles. The summed E-state index contributed by atoms with van der Waals surface area (Å²) in [6, 6.07) is 15.4. The van der Waals surface area contributed by atoms with E-state index in [-0.39, 0.29) is 11.5 Å². The third-order valence-corrected chi connectivity index (χ3v) is 5.47. The van der Waals surface area contributed by atoms with Crippen LogP contribution in [0, 0.1) is 0 Å². The van der Waals surface area contributed by atoms with E-state index in [2.05, 4.69) is 32.0 Å². The van der Waals surface area contributed by atoms with E-state index in [4.69, 9.17) is 4.52 Å². The van der Waals surface area contributed by atoms with Crippen molar-refractivity contribution in [3.8, 4) is 0 Å². The quantitative estimate of drug-likeness (QED) is 0.553. The Labute approximate surface area is 161 Å². The van der Waals surface area contributed by atoms with Crippen LogP contribution in [0.2, 0.25) is 0 Å². The van der Waals surface area contributed by atoms with E-state index in [1.165, 1.54) is 0 Å². The number of hydrogen-bond donors (Lipinski definition) is 1. The zero-order valence-corrected chi connectivity index (χ0v) is 15.6. The first-order valence-electron chi connectivity index (χ1n) is 9.46. The number of likely N-dealkylation sites (N-methyl/N-ethyl adjacent to an activating group) is 1. The highest BCUT2D eigenvalue weighted by atomic mass is 16.5. The summed E-state index contributed by atoms with van der Waals surface area (Å²) in [7, 11) is 2.07. The first-order valence-corrected chi connectivity index (χ1v) is 9.46. The summed E-state index contributed by atoms with van der Waals surface area (Å²) in [5.41, 5.74) is 1.77. The second kappa shape index (κ2) is 6.85. The van der Waals surface area contributed by atoms with Gasteiger partial charge in [-0.15, -0.1) is 0 Å². The molecule has 1 unspecified atom stereocenters. The Hall–Kier alpha value is -3.03. The number of para-hydroxylation sites is 2. The molecule has 3 heterocycles. The first-order chi connectivity index (χ1) is 13.7. The van der Waals surface area contributed by atoms with Crippen molar-refractivity contribution in [1.29, 1.82) is 0 Å². The molecule has 4 aromatic rings. The molecule has 1 aliphatic rings. The van der Waals surface area contributed by atoms with Crippen LogP contribution in [0.1, 0.15) is 17.8 Å². The van der Waals surface area contributed by atoms with E-state index in [0.717, 1.165) is 30.7 Å². The van der Waals surface area contributed by atoms with Crippen LogP contribution in [-0.2, 0) is 6.54 Å². The highest BCUT2D eigenvalue weighted by molar-refractivity contribution is 5.93. The molecule has 142 valence electrons. The SMILES string of the molecule is CN1CCNCC1c1noc(Cn2c3ccccc3c(=O)c3ccccc32)n1. The van der Waals surface area contributed by atoms with Gasteiger partial charge in [0.25, 0.3) is 0 Å². The summed E-state index contributed by atoms with van der Waals surface area (Å²) in [6.07, 6.45) is 0. The van der Waals surface area contributed by atoms with Gasteiger partial charge in [-0.05, 0) is 31.3 Å². The Balaban J connectivity index is 1.60. The Kier molecular flexibility index (Phi) is 4.18. The van der Waals surface area contributed by atoms with Crippen LogP contribution in [0.15, 0.2) is 57.8 Å². The number of aromatic nitrogens is 3. The predicted octanol–water partition coefficient (Wildman–Crippen LogP) is 2.16. The maximum Gasteiger partial charge on any atom is 0.246 e. The molecule has 1 saturated heterocycles. The van der Waals surface area contributed by atoms with E-state index in [0.29, 0.717) is 29.0 Å². The van der Waals surface area contributed by atoms with Gasteiger partial charge in [0.1, 0.15) is 6.54 Å². The summed E-state index contributed by atoms with van der Waals surface area (Å²) < 4.78 is 7.66. The normalized spacial score (nSPS) is 18.1. The Morgan fingerprint density at radius 2 is 1.79 bits per heavy atom. The summed E-state index contributed by atoms with van der Waals surface area (Å²) in [4.78, 5) is 19.8. The zero-order valence-electron chi connectivity index (χ0n) is 15.6. The lowest BCUT2D eigenvalue weighted by Gasteiger charge is -2.30. The number of rotatable bonds is 3. The van der Waals surface area contributed by atoms with Crippen molar-refractivity contribution in [1.82, 2.24) is 24.9 Å². The Morgan fingerprint density at radius 3 is 2.46 bits per heavy atom. The molecule has 5 rings (SSSR count). The van der Waals surface area contributed by atoms with Crippen LogP contribution >= 0.6 is 0 Å². The van der Waals surface area contributed by atoms with Gasteiger partial charge in [0.15, 0.2) is 11.3 Å². The maximum absolute atomic E-state index is 12.9. The minimum atomic E-state index is 0.0450. The van der Waals surface area contributed by atoms with Gasteiger partial charge in [-0.2, -0.15) is 4.98 Å². The van der Waals surface area contributed by atoms with Crippen molar-refractivity contribution in [3.05, 3.63) is 70.5 Å². The van der Waals surface area contributed by atoms with Crippen molar-refractivity contribution >= 4 is 21.8 Å². The van der Waals surface area contributed by atoms with Crippen LogP contribution in [0.5, 0.6) is 0 Å². The fraction of sp³-hybridized carbons (Fsp3) is 0.286. The average molecular weight is 375 g/mol. The van der Waals surface area contributed by atoms with E-state index in [1.54, 1.807) is 0 Å². The fourth-order valence-electron chi connectivity index (χ4n) is 3.94. The fourth-order valence-corrected chi connectivity index (χ4v) is 3.94. The van der Waals surface area contributed by atoms with Gasteiger partial charge >= 0.3 is 0 Å². The number of fused-ring (bicyclic) bond motifs is 2. The standard InChI is InChI=1S/C21H21N5O2/c1-25-11-10-22-12-18(25)21-23-19(28-24-21)13-26-16-8-4-2-6-14(16)20(27)15-7-3-5-9-17(15)26/h2-9,18,22H,10-13H2,1H3. The zero-order chi connectivity index (χ0) is 19.1. The smallest absolute Gasteiger partial charge is 0.246 e. The van der Waals surface area contributed by atoms with Gasteiger partial charge in [0, 0.05) is 30.4 Å². The van der Waals surface area contributed by atoms with Gasteiger partial charge in [0.2, 0.25) is 5.89 Å². The number of hydrogen-bond acceptors (Lipinski definition) is 6. The van der Waals surface area contributed by atoms with Crippen LogP contribution in [0.25, 0.3) is 21.8 Å². The van der Waals surface area contributed by atoms with Crippen LogP contribution in [0.3, 0.4) is 0 Å². The van der Waals surface area contributed by atoms with Crippen LogP contribution < -0.4 is 10.7 Å². The molecule has 7 nitrogen and oxygen atoms in total. The molecule has 0 radical (unpaired) electrons. The molecule has 7 heteroatoms. The monoisotopic (exact) mass is 375 g/mol. The van der Waals surface area contributed by atoms with Crippen molar-refractivity contribution in [2.45, 2.75) is 12.6 Å². The van der Waals surface area contributed by atoms with Crippen molar-refractivity contribution < 1.29 is 4.52 Å². The molecule has 0 bridgehead atoms. The molecule has 0 spiro atoms. The third kappa shape index (κ3) is 2.80. The maximum atomic E-state index is 12.9. The molecule has 0 amide bonds. The lowest BCUT2D eigenvalue weighted by atomic mass is 10.1. The molecule has 28 heavy (non-hydrogen) atoms. The van der Waals surface area contributed by atoms with Gasteiger partial charge in [0.05, 0.1) is 17.1 Å². The van der Waals surface area contributed by atoms with E-state index >= 15 is 0 Å². The molecule has 1 atom stereocenters. The summed E-state index contributed by atoms with van der Waals surface area (Å²) in [5.74, 6) is 1.23. The second-order valence-corrected chi connectivity index (χ2v) is 7.20. The third-order valence-electron chi connectivity index (χ3n) is 5.47. The van der Waals surface area contributed by atoms with E-state index in [1.807, 2.05) is 48.5 Å². The number of piperazine rings is 1. The number of nitrogens with zero attached hydrogens (tertiary/aromatic N) is 4. The number of benzene rings is 2. The molecule has 2 aromatic heterocycles. The van der Waals surface area contributed by atoms with Crippen molar-refractivity contribution in [3.63, 3.8) is 0 Å². The second-order valence-electron chi connectivity index (χ2n) is 7.20. The highest BCUT2D eigenvalue weighted by Gasteiger charge is 2.25.